The van der Waals surface area contributed by atoms with Crippen LogP contribution in [0.15, 0.2) is 64.6 Å². The zero-order valence-electron chi connectivity index (χ0n) is 9.91. The zero-order chi connectivity index (χ0) is 14.6. The maximum Gasteiger partial charge on any atom is 0.343 e. The number of pyridine rings is 1. The average Bonchev–Trinajstić information content (AvgIpc) is 2.39. The fourth-order valence-corrected chi connectivity index (χ4v) is 5.32. The van der Waals surface area contributed by atoms with Gasteiger partial charge in [-0.05, 0) is 24.3 Å². The molecule has 2 aromatic rings. The van der Waals surface area contributed by atoms with Gasteiger partial charge in [0.15, 0.2) is 0 Å². The van der Waals surface area contributed by atoms with Crippen LogP contribution in [-0.2, 0) is 22.9 Å². The molecule has 2 rings (SSSR count). The third kappa shape index (κ3) is 4.04. The average molecular weight is 331 g/mol. The first-order valence-corrected chi connectivity index (χ1v) is 9.41. The molecule has 0 saturated heterocycles. The number of aromatic nitrogens is 1. The third-order valence-electron chi connectivity index (χ3n) is 2.03. The van der Waals surface area contributed by atoms with E-state index in [0.717, 1.165) is 0 Å². The molecule has 0 fully saturated rings. The summed E-state index contributed by atoms with van der Waals surface area (Å²) in [5.74, 6) is 0. The first-order valence-electron chi connectivity index (χ1n) is 5.26. The van der Waals surface area contributed by atoms with Gasteiger partial charge in [0.05, 0.1) is 15.7 Å². The van der Waals surface area contributed by atoms with Crippen LogP contribution in [-0.4, -0.2) is 21.8 Å². The second kappa shape index (κ2) is 5.92. The van der Waals surface area contributed by atoms with Gasteiger partial charge in [0.25, 0.3) is 0 Å². The summed E-state index contributed by atoms with van der Waals surface area (Å²) in [5, 5.41) is 0.121. The summed E-state index contributed by atoms with van der Waals surface area (Å²) < 4.78 is 51.3. The van der Waals surface area contributed by atoms with Crippen molar-refractivity contribution >= 4 is 30.1 Å². The van der Waals surface area contributed by atoms with Gasteiger partial charge in [-0.1, -0.05) is 24.3 Å². The topological polar surface area (TPSA) is 90.4 Å². The van der Waals surface area contributed by atoms with Gasteiger partial charge in [0.1, 0.15) is 5.03 Å². The maximum absolute atomic E-state index is 11.8. The molecule has 0 N–H and O–H groups in total. The molecule has 0 aliphatic rings. The van der Waals surface area contributed by atoms with Gasteiger partial charge < -0.3 is 0 Å². The number of benzene rings is 1. The molecule has 1 aromatic carbocycles. The number of rotatable bonds is 5. The minimum atomic E-state index is -4.37. The van der Waals surface area contributed by atoms with E-state index in [-0.39, 0.29) is 20.7 Å². The molecule has 106 valence electrons. The molecule has 0 bridgehead atoms. The maximum atomic E-state index is 11.8. The third-order valence-corrected chi connectivity index (χ3v) is 6.50. The van der Waals surface area contributed by atoms with Crippen LogP contribution in [0, 0.1) is 0 Å². The normalized spacial score (nSPS) is 12.2. The van der Waals surface area contributed by atoms with Gasteiger partial charge in [-0.25, -0.2) is 4.98 Å². The molecule has 0 spiro atoms. The van der Waals surface area contributed by atoms with E-state index >= 15 is 0 Å². The van der Waals surface area contributed by atoms with Crippen LogP contribution >= 0.6 is 10.8 Å². The minimum absolute atomic E-state index is 0.121. The fraction of sp³-hybridized carbons (Fsp3) is 0. The van der Waals surface area contributed by atoms with Gasteiger partial charge >= 0.3 is 19.3 Å². The monoisotopic (exact) mass is 331 g/mol. The van der Waals surface area contributed by atoms with Crippen LogP contribution in [0.25, 0.3) is 0 Å². The highest BCUT2D eigenvalue weighted by Crippen LogP contribution is 2.27. The quantitative estimate of drug-likeness (QED) is 0.772. The van der Waals surface area contributed by atoms with E-state index < -0.39 is 19.3 Å². The molecule has 0 aliphatic heterocycles. The number of hydrogen-bond acceptors (Lipinski definition) is 7. The predicted octanol–water partition coefficient (Wildman–Crippen LogP) is 1.82. The van der Waals surface area contributed by atoms with Crippen molar-refractivity contribution in [2.75, 3.05) is 0 Å². The zero-order valence-corrected chi connectivity index (χ0v) is 12.4. The summed E-state index contributed by atoms with van der Waals surface area (Å²) >= 11 is 0. The molecule has 0 radical (unpaired) electrons. The SMILES string of the molecule is O=S(=O)(OS(=O)(=O)c1ccccc1)Sc1ccccn1. The Bertz CT molecular complexity index is 773. The molecule has 9 heteroatoms. The van der Waals surface area contributed by atoms with Gasteiger partial charge in [-0.15, -0.1) is 3.63 Å². The molecule has 0 amide bonds. The van der Waals surface area contributed by atoms with E-state index in [9.17, 15) is 16.8 Å². The summed E-state index contributed by atoms with van der Waals surface area (Å²) in [7, 11) is -8.52. The summed E-state index contributed by atoms with van der Waals surface area (Å²) in [5.41, 5.74) is 0. The van der Waals surface area contributed by atoms with Gasteiger partial charge in [-0.2, -0.15) is 16.8 Å². The Morgan fingerprint density at radius 2 is 1.55 bits per heavy atom. The Morgan fingerprint density at radius 1 is 0.900 bits per heavy atom. The fourth-order valence-electron chi connectivity index (χ4n) is 1.25. The highest BCUT2D eigenvalue weighted by atomic mass is 33.2. The van der Waals surface area contributed by atoms with Crippen molar-refractivity contribution < 1.29 is 20.5 Å². The van der Waals surface area contributed by atoms with Gasteiger partial charge in [0.2, 0.25) is 0 Å². The lowest BCUT2D eigenvalue weighted by molar-refractivity contribution is 0.474. The molecular formula is C11H9NO5S3. The molecule has 20 heavy (non-hydrogen) atoms. The van der Waals surface area contributed by atoms with Crippen LogP contribution in [0.2, 0.25) is 0 Å². The predicted molar refractivity (Wildman–Crippen MR) is 73.7 cm³/mol. The van der Waals surface area contributed by atoms with E-state index in [2.05, 4.69) is 8.61 Å². The van der Waals surface area contributed by atoms with Crippen molar-refractivity contribution in [3.05, 3.63) is 54.7 Å². The van der Waals surface area contributed by atoms with E-state index in [1.54, 1.807) is 18.2 Å². The lowest BCUT2D eigenvalue weighted by atomic mass is 10.4. The van der Waals surface area contributed by atoms with Crippen molar-refractivity contribution in [2.24, 2.45) is 0 Å². The van der Waals surface area contributed by atoms with Crippen molar-refractivity contribution in [2.45, 2.75) is 9.92 Å². The Balaban J connectivity index is 2.21. The van der Waals surface area contributed by atoms with Crippen LogP contribution in [0.4, 0.5) is 0 Å². The molecule has 0 atom stereocenters. The van der Waals surface area contributed by atoms with Crippen LogP contribution < -0.4 is 0 Å². The van der Waals surface area contributed by atoms with Crippen LogP contribution in [0.1, 0.15) is 0 Å². The summed E-state index contributed by atoms with van der Waals surface area (Å²) in [6, 6.07) is 11.7. The lowest BCUT2D eigenvalue weighted by Crippen LogP contribution is -2.11. The number of hydrogen-bond donors (Lipinski definition) is 0. The number of nitrogens with zero attached hydrogens (tertiary/aromatic N) is 1. The second-order valence-electron chi connectivity index (χ2n) is 3.49. The first-order chi connectivity index (χ1) is 9.39. The van der Waals surface area contributed by atoms with Gasteiger partial charge in [0, 0.05) is 6.20 Å². The molecule has 0 unspecified atom stereocenters. The Morgan fingerprint density at radius 3 is 2.15 bits per heavy atom. The van der Waals surface area contributed by atoms with Crippen molar-refractivity contribution in [3.63, 3.8) is 0 Å². The highest BCUT2D eigenvalue weighted by molar-refractivity contribution is 8.71. The van der Waals surface area contributed by atoms with E-state index in [1.165, 1.54) is 36.5 Å². The Hall–Kier alpha value is -1.42. The smallest absolute Gasteiger partial charge is 0.249 e. The standard InChI is InChI=1S/C11H9NO5S3/c13-19(14,10-6-2-1-3-7-10)17-20(15,16)18-11-8-4-5-9-12-11/h1-9H. The van der Waals surface area contributed by atoms with Crippen LogP contribution in [0.3, 0.4) is 0 Å². The molecule has 1 aromatic heterocycles. The lowest BCUT2D eigenvalue weighted by Gasteiger charge is -2.05. The van der Waals surface area contributed by atoms with Crippen molar-refractivity contribution in [1.82, 2.24) is 4.98 Å². The second-order valence-corrected chi connectivity index (χ2v) is 8.54. The minimum Gasteiger partial charge on any atom is -0.249 e. The Labute approximate surface area is 120 Å². The van der Waals surface area contributed by atoms with E-state index in [1.807, 2.05) is 0 Å². The van der Waals surface area contributed by atoms with E-state index in [4.69, 9.17) is 0 Å². The summed E-state index contributed by atoms with van der Waals surface area (Å²) in [6.07, 6.45) is 1.39. The first kappa shape index (κ1) is 15.0. The van der Waals surface area contributed by atoms with Gasteiger partial charge in [-0.3, -0.25) is 0 Å². The van der Waals surface area contributed by atoms with Crippen molar-refractivity contribution in [1.29, 1.82) is 0 Å². The highest BCUT2D eigenvalue weighted by Gasteiger charge is 2.26. The van der Waals surface area contributed by atoms with Crippen LogP contribution in [0.5, 0.6) is 0 Å². The summed E-state index contributed by atoms with van der Waals surface area (Å²) in [6.45, 7) is 0. The van der Waals surface area contributed by atoms with Crippen molar-refractivity contribution in [3.8, 4) is 0 Å². The largest absolute Gasteiger partial charge is 0.343 e. The summed E-state index contributed by atoms with van der Waals surface area (Å²) in [4.78, 5) is 3.54. The molecule has 0 aliphatic carbocycles. The molecule has 1 heterocycles. The van der Waals surface area contributed by atoms with E-state index in [0.29, 0.717) is 0 Å². The Kier molecular flexibility index (Phi) is 4.43. The molecular weight excluding hydrogens is 322 g/mol. The molecule has 0 saturated carbocycles. The molecule has 6 nitrogen and oxygen atoms in total.